The lowest BCUT2D eigenvalue weighted by Crippen LogP contribution is -2.10. The van der Waals surface area contributed by atoms with Crippen molar-refractivity contribution >= 4 is 33.1 Å². The summed E-state index contributed by atoms with van der Waals surface area (Å²) in [5.74, 6) is -0.130. The summed E-state index contributed by atoms with van der Waals surface area (Å²) in [6, 6.07) is 11.4. The van der Waals surface area contributed by atoms with E-state index < -0.39 is 10.0 Å². The second-order valence-corrected chi connectivity index (χ2v) is 6.92. The molecule has 0 aliphatic heterocycles. The van der Waals surface area contributed by atoms with Gasteiger partial charge in [-0.1, -0.05) is 11.6 Å². The van der Waals surface area contributed by atoms with Gasteiger partial charge in [0.2, 0.25) is 10.0 Å². The molecule has 0 unspecified atom stereocenters. The third kappa shape index (κ3) is 4.06. The van der Waals surface area contributed by atoms with Crippen LogP contribution in [0.25, 0.3) is 0 Å². The van der Waals surface area contributed by atoms with Crippen molar-refractivity contribution in [2.45, 2.75) is 6.92 Å². The minimum atomic E-state index is -3.32. The Morgan fingerprint density at radius 1 is 1.10 bits per heavy atom. The summed E-state index contributed by atoms with van der Waals surface area (Å²) >= 11 is 5.87. The molecule has 0 aliphatic carbocycles. The summed E-state index contributed by atoms with van der Waals surface area (Å²) in [7, 11) is -3.32. The maximum Gasteiger partial charge on any atom is 0.229 e. The quantitative estimate of drug-likeness (QED) is 0.878. The number of ketones is 1. The lowest BCUT2D eigenvalue weighted by atomic mass is 9.99. The number of aryl methyl sites for hydroxylation is 1. The van der Waals surface area contributed by atoms with Gasteiger partial charge in [-0.05, 0) is 55.0 Å². The topological polar surface area (TPSA) is 63.2 Å². The molecule has 0 fully saturated rings. The van der Waals surface area contributed by atoms with Crippen molar-refractivity contribution in [1.29, 1.82) is 0 Å². The molecule has 21 heavy (non-hydrogen) atoms. The van der Waals surface area contributed by atoms with Crippen LogP contribution >= 0.6 is 11.6 Å². The first kappa shape index (κ1) is 15.5. The zero-order chi connectivity index (χ0) is 15.6. The van der Waals surface area contributed by atoms with Gasteiger partial charge in [0.05, 0.1) is 6.26 Å². The van der Waals surface area contributed by atoms with E-state index in [1.165, 1.54) is 0 Å². The van der Waals surface area contributed by atoms with E-state index in [4.69, 9.17) is 11.6 Å². The van der Waals surface area contributed by atoms with Gasteiger partial charge >= 0.3 is 0 Å². The molecule has 0 heterocycles. The van der Waals surface area contributed by atoms with E-state index in [-0.39, 0.29) is 5.78 Å². The van der Waals surface area contributed by atoms with Crippen LogP contribution in [0.4, 0.5) is 5.69 Å². The van der Waals surface area contributed by atoms with E-state index in [1.54, 1.807) is 42.5 Å². The van der Waals surface area contributed by atoms with Gasteiger partial charge in [-0.25, -0.2) is 8.42 Å². The smallest absolute Gasteiger partial charge is 0.229 e. The molecule has 0 radical (unpaired) electrons. The minimum Gasteiger partial charge on any atom is -0.289 e. The molecule has 0 saturated heterocycles. The predicted octanol–water partition coefficient (Wildman–Crippen LogP) is 3.25. The summed E-state index contributed by atoms with van der Waals surface area (Å²) in [5, 5.41) is 0.580. The number of hydrogen-bond acceptors (Lipinski definition) is 3. The highest BCUT2D eigenvalue weighted by atomic mass is 35.5. The van der Waals surface area contributed by atoms with Crippen LogP contribution in [0.5, 0.6) is 0 Å². The first-order chi connectivity index (χ1) is 9.76. The fourth-order valence-corrected chi connectivity index (χ4v) is 2.73. The van der Waals surface area contributed by atoms with Crippen LogP contribution < -0.4 is 4.72 Å². The average Bonchev–Trinajstić information content (AvgIpc) is 2.37. The van der Waals surface area contributed by atoms with Crippen molar-refractivity contribution in [2.24, 2.45) is 0 Å². The molecule has 1 N–H and O–H groups in total. The Balaban J connectivity index is 2.28. The minimum absolute atomic E-state index is 0.130. The van der Waals surface area contributed by atoms with Gasteiger partial charge in [-0.2, -0.15) is 0 Å². The van der Waals surface area contributed by atoms with Crippen molar-refractivity contribution in [3.63, 3.8) is 0 Å². The monoisotopic (exact) mass is 323 g/mol. The van der Waals surface area contributed by atoms with E-state index in [1.807, 2.05) is 6.92 Å². The summed E-state index contributed by atoms with van der Waals surface area (Å²) in [6.07, 6.45) is 1.07. The molecule has 0 amide bonds. The van der Waals surface area contributed by atoms with Gasteiger partial charge in [0, 0.05) is 21.8 Å². The van der Waals surface area contributed by atoms with Crippen LogP contribution in [-0.2, 0) is 10.0 Å². The second-order valence-electron chi connectivity index (χ2n) is 4.74. The Morgan fingerprint density at radius 3 is 2.24 bits per heavy atom. The highest BCUT2D eigenvalue weighted by Crippen LogP contribution is 2.20. The number of anilines is 1. The molecular formula is C15H14ClNO3S. The molecule has 0 saturated carbocycles. The fraction of sp³-hybridized carbons (Fsp3) is 0.133. The third-order valence-corrected chi connectivity index (χ3v) is 3.73. The van der Waals surface area contributed by atoms with Crippen molar-refractivity contribution in [2.75, 3.05) is 11.0 Å². The molecular weight excluding hydrogens is 310 g/mol. The van der Waals surface area contributed by atoms with Crippen LogP contribution in [0.15, 0.2) is 42.5 Å². The van der Waals surface area contributed by atoms with Crippen molar-refractivity contribution in [3.8, 4) is 0 Å². The predicted molar refractivity (Wildman–Crippen MR) is 84.5 cm³/mol. The maximum atomic E-state index is 12.4. The Morgan fingerprint density at radius 2 is 1.71 bits per heavy atom. The van der Waals surface area contributed by atoms with E-state index >= 15 is 0 Å². The molecule has 0 atom stereocenters. The number of nitrogens with one attached hydrogen (secondary N) is 1. The molecule has 0 aromatic heterocycles. The second kappa shape index (κ2) is 5.87. The molecule has 0 bridgehead atoms. The highest BCUT2D eigenvalue weighted by Gasteiger charge is 2.12. The Bertz CT molecular complexity index is 783. The first-order valence-electron chi connectivity index (χ1n) is 6.15. The number of rotatable bonds is 4. The van der Waals surface area contributed by atoms with Gasteiger partial charge in [-0.3, -0.25) is 9.52 Å². The van der Waals surface area contributed by atoms with Crippen molar-refractivity contribution in [3.05, 3.63) is 64.2 Å². The van der Waals surface area contributed by atoms with Crippen LogP contribution in [0.2, 0.25) is 5.02 Å². The van der Waals surface area contributed by atoms with E-state index in [0.29, 0.717) is 21.8 Å². The van der Waals surface area contributed by atoms with E-state index in [2.05, 4.69) is 4.72 Å². The zero-order valence-electron chi connectivity index (χ0n) is 11.6. The molecule has 110 valence electrons. The van der Waals surface area contributed by atoms with Crippen LogP contribution in [0.1, 0.15) is 21.5 Å². The average molecular weight is 324 g/mol. The van der Waals surface area contributed by atoms with Crippen LogP contribution in [0, 0.1) is 6.92 Å². The van der Waals surface area contributed by atoms with Crippen molar-refractivity contribution in [1.82, 2.24) is 0 Å². The summed E-state index contributed by atoms with van der Waals surface area (Å²) < 4.78 is 24.6. The Labute approximate surface area is 128 Å². The van der Waals surface area contributed by atoms with Gasteiger partial charge in [0.25, 0.3) is 0 Å². The number of carbonyl (C=O) groups is 1. The van der Waals surface area contributed by atoms with Crippen molar-refractivity contribution < 1.29 is 13.2 Å². The standard InChI is InChI=1S/C15H14ClNO3S/c1-10-9-12(16)5-8-14(10)15(18)11-3-6-13(7-4-11)17-21(2,19)20/h3-9,17H,1-2H3. The normalized spacial score (nSPS) is 11.2. The fourth-order valence-electron chi connectivity index (χ4n) is 1.94. The summed E-state index contributed by atoms with van der Waals surface area (Å²) in [6.45, 7) is 1.82. The number of benzene rings is 2. The van der Waals surface area contributed by atoms with Gasteiger partial charge in [0.15, 0.2) is 5.78 Å². The number of hydrogen-bond donors (Lipinski definition) is 1. The van der Waals surface area contributed by atoms with Crippen LogP contribution in [0.3, 0.4) is 0 Å². The number of halogens is 1. The third-order valence-electron chi connectivity index (χ3n) is 2.88. The highest BCUT2D eigenvalue weighted by molar-refractivity contribution is 7.92. The number of carbonyl (C=O) groups excluding carboxylic acids is 1. The molecule has 6 heteroatoms. The molecule has 4 nitrogen and oxygen atoms in total. The molecule has 2 rings (SSSR count). The Hall–Kier alpha value is -1.85. The summed E-state index contributed by atoms with van der Waals surface area (Å²) in [5.41, 5.74) is 2.27. The van der Waals surface area contributed by atoms with Gasteiger partial charge < -0.3 is 0 Å². The van der Waals surface area contributed by atoms with E-state index in [0.717, 1.165) is 11.8 Å². The van der Waals surface area contributed by atoms with Crippen LogP contribution in [-0.4, -0.2) is 20.5 Å². The largest absolute Gasteiger partial charge is 0.289 e. The Kier molecular flexibility index (Phi) is 4.34. The lowest BCUT2D eigenvalue weighted by molar-refractivity contribution is 0.103. The summed E-state index contributed by atoms with van der Waals surface area (Å²) in [4.78, 5) is 12.4. The molecule has 2 aromatic carbocycles. The molecule has 2 aromatic rings. The first-order valence-corrected chi connectivity index (χ1v) is 8.42. The zero-order valence-corrected chi connectivity index (χ0v) is 13.1. The maximum absolute atomic E-state index is 12.4. The lowest BCUT2D eigenvalue weighted by Gasteiger charge is -2.07. The van der Waals surface area contributed by atoms with Gasteiger partial charge in [0.1, 0.15) is 0 Å². The SMILES string of the molecule is Cc1cc(Cl)ccc1C(=O)c1ccc(NS(C)(=O)=O)cc1. The molecule has 0 spiro atoms. The molecule has 0 aliphatic rings. The number of sulfonamides is 1. The van der Waals surface area contributed by atoms with E-state index in [9.17, 15) is 13.2 Å². The van der Waals surface area contributed by atoms with Gasteiger partial charge in [-0.15, -0.1) is 0 Å².